The van der Waals surface area contributed by atoms with E-state index in [4.69, 9.17) is 4.74 Å². The molecule has 6 heteroatoms. The lowest BCUT2D eigenvalue weighted by atomic mass is 10.1. The highest BCUT2D eigenvalue weighted by Gasteiger charge is 2.16. The number of aliphatic hydroxyl groups is 1. The molecule has 2 aromatic carbocycles. The van der Waals surface area contributed by atoms with Crippen molar-refractivity contribution in [3.05, 3.63) is 64.0 Å². The van der Waals surface area contributed by atoms with Crippen LogP contribution in [0.5, 0.6) is 11.5 Å². The van der Waals surface area contributed by atoms with Gasteiger partial charge >= 0.3 is 5.69 Å². The van der Waals surface area contributed by atoms with Gasteiger partial charge in [0.15, 0.2) is 0 Å². The van der Waals surface area contributed by atoms with Crippen LogP contribution in [0, 0.1) is 15.9 Å². The van der Waals surface area contributed by atoms with Crippen molar-refractivity contribution in [3.63, 3.8) is 0 Å². The number of ether oxygens (including phenoxy) is 1. The van der Waals surface area contributed by atoms with Crippen molar-refractivity contribution in [3.8, 4) is 11.5 Å². The van der Waals surface area contributed by atoms with E-state index in [-0.39, 0.29) is 11.4 Å². The molecule has 5 nitrogen and oxygen atoms in total. The molecule has 21 heavy (non-hydrogen) atoms. The maximum absolute atomic E-state index is 13.2. The Labute approximate surface area is 120 Å². The SMILES string of the molecule is CC[C@@H](O)c1ccc(Oc2cc(F)ccc2[N+](=O)[O-])cc1. The molecule has 0 heterocycles. The molecular formula is C15H14FNO4. The summed E-state index contributed by atoms with van der Waals surface area (Å²) in [6.45, 7) is 1.85. The van der Waals surface area contributed by atoms with E-state index in [0.29, 0.717) is 12.2 Å². The minimum Gasteiger partial charge on any atom is -0.450 e. The van der Waals surface area contributed by atoms with Crippen molar-refractivity contribution in [2.24, 2.45) is 0 Å². The number of hydrogen-bond acceptors (Lipinski definition) is 4. The summed E-state index contributed by atoms with van der Waals surface area (Å²) in [4.78, 5) is 10.2. The molecule has 0 saturated carbocycles. The van der Waals surface area contributed by atoms with Crippen LogP contribution in [-0.2, 0) is 0 Å². The predicted octanol–water partition coefficient (Wildman–Crippen LogP) is 3.97. The fraction of sp³-hybridized carbons (Fsp3) is 0.200. The molecule has 2 aromatic rings. The Morgan fingerprint density at radius 2 is 1.95 bits per heavy atom. The Morgan fingerprint density at radius 1 is 1.29 bits per heavy atom. The fourth-order valence-electron chi connectivity index (χ4n) is 1.84. The standard InChI is InChI=1S/C15H14FNO4/c1-2-14(18)10-3-6-12(7-4-10)21-15-9-11(16)5-8-13(15)17(19)20/h3-9,14,18H,2H2,1H3/t14-/m1/s1. The third-order valence-corrected chi connectivity index (χ3v) is 3.00. The molecule has 0 aliphatic carbocycles. The largest absolute Gasteiger partial charge is 0.450 e. The van der Waals surface area contributed by atoms with Crippen LogP contribution in [0.3, 0.4) is 0 Å². The molecule has 0 fully saturated rings. The van der Waals surface area contributed by atoms with Crippen molar-refractivity contribution in [1.82, 2.24) is 0 Å². The molecule has 0 saturated heterocycles. The van der Waals surface area contributed by atoms with Crippen LogP contribution in [-0.4, -0.2) is 10.0 Å². The van der Waals surface area contributed by atoms with Gasteiger partial charge in [0, 0.05) is 12.1 Å². The van der Waals surface area contributed by atoms with Crippen molar-refractivity contribution in [2.75, 3.05) is 0 Å². The van der Waals surface area contributed by atoms with E-state index in [9.17, 15) is 19.6 Å². The average Bonchev–Trinajstić information content (AvgIpc) is 2.47. The number of hydrogen-bond donors (Lipinski definition) is 1. The smallest absolute Gasteiger partial charge is 0.311 e. The van der Waals surface area contributed by atoms with Gasteiger partial charge in [-0.3, -0.25) is 10.1 Å². The molecule has 1 atom stereocenters. The quantitative estimate of drug-likeness (QED) is 0.668. The lowest BCUT2D eigenvalue weighted by Crippen LogP contribution is -1.96. The summed E-state index contributed by atoms with van der Waals surface area (Å²) in [5, 5.41) is 20.6. The molecule has 0 radical (unpaired) electrons. The number of nitrogens with zero attached hydrogens (tertiary/aromatic N) is 1. The van der Waals surface area contributed by atoms with Gasteiger partial charge in [0.2, 0.25) is 5.75 Å². The summed E-state index contributed by atoms with van der Waals surface area (Å²) in [7, 11) is 0. The summed E-state index contributed by atoms with van der Waals surface area (Å²) >= 11 is 0. The second-order valence-electron chi connectivity index (χ2n) is 4.46. The summed E-state index contributed by atoms with van der Waals surface area (Å²) in [6, 6.07) is 9.49. The maximum Gasteiger partial charge on any atom is 0.311 e. The first-order valence-corrected chi connectivity index (χ1v) is 6.41. The number of nitro groups is 1. The number of halogens is 1. The molecule has 1 N–H and O–H groups in total. The van der Waals surface area contributed by atoms with Gasteiger partial charge in [-0.25, -0.2) is 4.39 Å². The van der Waals surface area contributed by atoms with Crippen LogP contribution in [0.4, 0.5) is 10.1 Å². The lowest BCUT2D eigenvalue weighted by molar-refractivity contribution is -0.385. The van der Waals surface area contributed by atoms with Gasteiger partial charge in [0.25, 0.3) is 0 Å². The van der Waals surface area contributed by atoms with E-state index in [1.165, 1.54) is 0 Å². The summed E-state index contributed by atoms with van der Waals surface area (Å²) < 4.78 is 18.6. The molecule has 110 valence electrons. The molecule has 0 unspecified atom stereocenters. The van der Waals surface area contributed by atoms with Crippen LogP contribution in [0.1, 0.15) is 25.0 Å². The highest BCUT2D eigenvalue weighted by atomic mass is 19.1. The maximum atomic E-state index is 13.2. The van der Waals surface area contributed by atoms with Crippen molar-refractivity contribution in [1.29, 1.82) is 0 Å². The monoisotopic (exact) mass is 291 g/mol. The molecule has 2 rings (SSSR count). The predicted molar refractivity (Wildman–Crippen MR) is 74.8 cm³/mol. The summed E-state index contributed by atoms with van der Waals surface area (Å²) in [5.74, 6) is -0.451. The first kappa shape index (κ1) is 14.9. The molecule has 0 spiro atoms. The van der Waals surface area contributed by atoms with Gasteiger partial charge in [-0.15, -0.1) is 0 Å². The zero-order chi connectivity index (χ0) is 15.4. The van der Waals surface area contributed by atoms with Crippen molar-refractivity contribution in [2.45, 2.75) is 19.4 Å². The minimum absolute atomic E-state index is 0.163. The number of nitro benzene ring substituents is 1. The van der Waals surface area contributed by atoms with Gasteiger partial charge in [0.05, 0.1) is 11.0 Å². The Kier molecular flexibility index (Phi) is 4.49. The van der Waals surface area contributed by atoms with Crippen LogP contribution in [0.25, 0.3) is 0 Å². The van der Waals surface area contributed by atoms with E-state index in [2.05, 4.69) is 0 Å². The molecule has 0 aromatic heterocycles. The second kappa shape index (κ2) is 6.32. The highest BCUT2D eigenvalue weighted by Crippen LogP contribution is 2.32. The molecule has 0 bridgehead atoms. The van der Waals surface area contributed by atoms with Gasteiger partial charge in [-0.1, -0.05) is 19.1 Å². The van der Waals surface area contributed by atoms with E-state index in [1.54, 1.807) is 24.3 Å². The van der Waals surface area contributed by atoms with E-state index in [1.807, 2.05) is 6.92 Å². The van der Waals surface area contributed by atoms with Gasteiger partial charge < -0.3 is 9.84 Å². The molecule has 0 aliphatic rings. The third-order valence-electron chi connectivity index (χ3n) is 3.00. The minimum atomic E-state index is -0.635. The van der Waals surface area contributed by atoms with E-state index >= 15 is 0 Å². The Morgan fingerprint density at radius 3 is 2.52 bits per heavy atom. The number of rotatable bonds is 5. The van der Waals surface area contributed by atoms with Crippen LogP contribution < -0.4 is 4.74 Å². The van der Waals surface area contributed by atoms with Crippen LogP contribution in [0.15, 0.2) is 42.5 Å². The van der Waals surface area contributed by atoms with Crippen molar-refractivity contribution < 1.29 is 19.2 Å². The first-order chi connectivity index (χ1) is 10.0. The van der Waals surface area contributed by atoms with Crippen molar-refractivity contribution >= 4 is 5.69 Å². The number of benzene rings is 2. The average molecular weight is 291 g/mol. The Hall–Kier alpha value is -2.47. The summed E-state index contributed by atoms with van der Waals surface area (Å²) in [5.41, 5.74) is 0.410. The van der Waals surface area contributed by atoms with Gasteiger partial charge in [-0.2, -0.15) is 0 Å². The third kappa shape index (κ3) is 3.55. The van der Waals surface area contributed by atoms with Crippen LogP contribution in [0.2, 0.25) is 0 Å². The molecule has 0 amide bonds. The zero-order valence-corrected chi connectivity index (χ0v) is 11.3. The molecular weight excluding hydrogens is 277 g/mol. The fourth-order valence-corrected chi connectivity index (χ4v) is 1.84. The zero-order valence-electron chi connectivity index (χ0n) is 11.3. The summed E-state index contributed by atoms with van der Waals surface area (Å²) in [6.07, 6.45) is 0.0119. The Bertz CT molecular complexity index is 643. The topological polar surface area (TPSA) is 72.6 Å². The number of aliphatic hydroxyl groups excluding tert-OH is 1. The van der Waals surface area contributed by atoms with Gasteiger partial charge in [-0.05, 0) is 30.2 Å². The van der Waals surface area contributed by atoms with E-state index in [0.717, 1.165) is 23.8 Å². The highest BCUT2D eigenvalue weighted by molar-refractivity contribution is 5.48. The van der Waals surface area contributed by atoms with Crippen LogP contribution >= 0.6 is 0 Å². The second-order valence-corrected chi connectivity index (χ2v) is 4.46. The Balaban J connectivity index is 2.26. The molecule has 0 aliphatic heterocycles. The normalized spacial score (nSPS) is 12.0. The van der Waals surface area contributed by atoms with Gasteiger partial charge in [0.1, 0.15) is 11.6 Å². The van der Waals surface area contributed by atoms with E-state index < -0.39 is 16.8 Å². The first-order valence-electron chi connectivity index (χ1n) is 6.41. The lowest BCUT2D eigenvalue weighted by Gasteiger charge is -2.10.